The van der Waals surface area contributed by atoms with Gasteiger partial charge in [0.15, 0.2) is 0 Å². The van der Waals surface area contributed by atoms with Crippen LogP contribution in [0, 0.1) is 5.92 Å². The van der Waals surface area contributed by atoms with E-state index in [4.69, 9.17) is 0 Å². The molecule has 3 unspecified atom stereocenters. The number of fused-ring (bicyclic) bond motifs is 1. The second-order valence-corrected chi connectivity index (χ2v) is 7.06. The Balaban J connectivity index is 0.00000225. The fourth-order valence-electron chi connectivity index (χ4n) is 3.89. The Labute approximate surface area is 155 Å². The first-order valence-electron chi connectivity index (χ1n) is 8.95. The standard InChI is InChI=1S/C19H27N3O2.ClH/c1-22(13-14-7-3-2-4-8-14)18(23)12-20-19(24)17-11-15-9-5-6-10-16(15)21-17;/h2-4,7-8,15-17,21H,5-6,9-13H2,1H3,(H,20,24);1H. The molecule has 3 atom stereocenters. The molecule has 1 saturated heterocycles. The summed E-state index contributed by atoms with van der Waals surface area (Å²) in [5, 5.41) is 6.26. The number of nitrogens with one attached hydrogen (secondary N) is 2. The van der Waals surface area contributed by atoms with Crippen LogP contribution < -0.4 is 10.6 Å². The molecule has 1 aromatic rings. The van der Waals surface area contributed by atoms with Crippen molar-refractivity contribution >= 4 is 24.2 Å². The summed E-state index contributed by atoms with van der Waals surface area (Å²) in [7, 11) is 1.77. The molecule has 3 rings (SSSR count). The average Bonchev–Trinajstić information content (AvgIpc) is 3.04. The Kier molecular flexibility index (Phi) is 7.26. The van der Waals surface area contributed by atoms with Crippen molar-refractivity contribution in [3.63, 3.8) is 0 Å². The highest BCUT2D eigenvalue weighted by atomic mass is 35.5. The minimum atomic E-state index is -0.134. The molecule has 0 spiro atoms. The molecule has 1 heterocycles. The van der Waals surface area contributed by atoms with E-state index in [-0.39, 0.29) is 36.8 Å². The number of hydrogen-bond acceptors (Lipinski definition) is 3. The number of nitrogens with zero attached hydrogens (tertiary/aromatic N) is 1. The van der Waals surface area contributed by atoms with Gasteiger partial charge in [0, 0.05) is 19.6 Å². The van der Waals surface area contributed by atoms with Gasteiger partial charge in [-0.25, -0.2) is 0 Å². The van der Waals surface area contributed by atoms with Crippen LogP contribution in [0.3, 0.4) is 0 Å². The number of carbonyl (C=O) groups excluding carboxylic acids is 2. The van der Waals surface area contributed by atoms with Crippen molar-refractivity contribution < 1.29 is 9.59 Å². The number of hydrogen-bond donors (Lipinski definition) is 2. The molecule has 138 valence electrons. The summed E-state index contributed by atoms with van der Waals surface area (Å²) < 4.78 is 0. The van der Waals surface area contributed by atoms with Crippen molar-refractivity contribution in [1.82, 2.24) is 15.5 Å². The number of amides is 2. The van der Waals surface area contributed by atoms with E-state index in [9.17, 15) is 9.59 Å². The molecule has 0 aromatic heterocycles. The van der Waals surface area contributed by atoms with Gasteiger partial charge in [0.1, 0.15) is 0 Å². The second kappa shape index (κ2) is 9.20. The van der Waals surface area contributed by atoms with Crippen LogP contribution >= 0.6 is 12.4 Å². The number of likely N-dealkylation sites (N-methyl/N-ethyl adjacent to an activating group) is 1. The van der Waals surface area contributed by atoms with Crippen molar-refractivity contribution in [2.75, 3.05) is 13.6 Å². The van der Waals surface area contributed by atoms with Crippen LogP contribution in [0.25, 0.3) is 0 Å². The van der Waals surface area contributed by atoms with E-state index in [0.717, 1.165) is 12.0 Å². The number of halogens is 1. The molecule has 25 heavy (non-hydrogen) atoms. The van der Waals surface area contributed by atoms with Crippen LogP contribution in [-0.4, -0.2) is 42.4 Å². The molecular formula is C19H28ClN3O2. The van der Waals surface area contributed by atoms with Crippen LogP contribution in [0.15, 0.2) is 30.3 Å². The Hall–Kier alpha value is -1.59. The van der Waals surface area contributed by atoms with E-state index in [2.05, 4.69) is 10.6 Å². The van der Waals surface area contributed by atoms with Crippen molar-refractivity contribution in [3.05, 3.63) is 35.9 Å². The van der Waals surface area contributed by atoms with Gasteiger partial charge >= 0.3 is 0 Å². The van der Waals surface area contributed by atoms with E-state index in [0.29, 0.717) is 18.5 Å². The summed E-state index contributed by atoms with van der Waals surface area (Å²) in [6.07, 6.45) is 5.84. The Bertz CT molecular complexity index is 567. The van der Waals surface area contributed by atoms with Crippen LogP contribution in [0.5, 0.6) is 0 Å². The highest BCUT2D eigenvalue weighted by Gasteiger charge is 2.38. The molecule has 2 fully saturated rings. The Morgan fingerprint density at radius 3 is 2.64 bits per heavy atom. The molecule has 0 bridgehead atoms. The highest BCUT2D eigenvalue weighted by Crippen LogP contribution is 2.33. The summed E-state index contributed by atoms with van der Waals surface area (Å²) >= 11 is 0. The van der Waals surface area contributed by atoms with Crippen LogP contribution in [0.1, 0.15) is 37.7 Å². The maximum absolute atomic E-state index is 12.3. The predicted octanol–water partition coefficient (Wildman–Crippen LogP) is 2.10. The summed E-state index contributed by atoms with van der Waals surface area (Å²) in [4.78, 5) is 26.2. The summed E-state index contributed by atoms with van der Waals surface area (Å²) in [6.45, 7) is 0.622. The second-order valence-electron chi connectivity index (χ2n) is 7.06. The van der Waals surface area contributed by atoms with Crippen molar-refractivity contribution in [2.45, 2.75) is 50.7 Å². The topological polar surface area (TPSA) is 61.4 Å². The molecule has 5 nitrogen and oxygen atoms in total. The molecule has 6 heteroatoms. The number of carbonyl (C=O) groups is 2. The van der Waals surface area contributed by atoms with Gasteiger partial charge in [-0.15, -0.1) is 12.4 Å². The third-order valence-corrected chi connectivity index (χ3v) is 5.28. The smallest absolute Gasteiger partial charge is 0.242 e. The van der Waals surface area contributed by atoms with Gasteiger partial charge in [0.2, 0.25) is 11.8 Å². The number of benzene rings is 1. The third-order valence-electron chi connectivity index (χ3n) is 5.28. The zero-order chi connectivity index (χ0) is 16.9. The molecular weight excluding hydrogens is 338 g/mol. The van der Waals surface area contributed by atoms with E-state index < -0.39 is 0 Å². The zero-order valence-corrected chi connectivity index (χ0v) is 15.6. The molecule has 1 aromatic carbocycles. The quantitative estimate of drug-likeness (QED) is 0.840. The van der Waals surface area contributed by atoms with Crippen molar-refractivity contribution in [1.29, 1.82) is 0 Å². The highest BCUT2D eigenvalue weighted by molar-refractivity contribution is 5.87. The minimum Gasteiger partial charge on any atom is -0.346 e. The zero-order valence-electron chi connectivity index (χ0n) is 14.7. The van der Waals surface area contributed by atoms with E-state index in [1.54, 1.807) is 11.9 Å². The average molecular weight is 366 g/mol. The summed E-state index contributed by atoms with van der Waals surface area (Å²) in [5.41, 5.74) is 1.08. The van der Waals surface area contributed by atoms with Gasteiger partial charge in [-0.3, -0.25) is 9.59 Å². The lowest BCUT2D eigenvalue weighted by molar-refractivity contribution is -0.132. The summed E-state index contributed by atoms with van der Waals surface area (Å²) in [5.74, 6) is 0.527. The van der Waals surface area contributed by atoms with Crippen LogP contribution in [-0.2, 0) is 16.1 Å². The van der Waals surface area contributed by atoms with Crippen LogP contribution in [0.2, 0.25) is 0 Å². The van der Waals surface area contributed by atoms with E-state index >= 15 is 0 Å². The molecule has 1 aliphatic heterocycles. The van der Waals surface area contributed by atoms with Crippen molar-refractivity contribution in [3.8, 4) is 0 Å². The predicted molar refractivity (Wildman–Crippen MR) is 100 cm³/mol. The lowest BCUT2D eigenvalue weighted by atomic mass is 9.85. The Morgan fingerprint density at radius 1 is 1.20 bits per heavy atom. The van der Waals surface area contributed by atoms with Gasteiger partial charge < -0.3 is 15.5 Å². The fraction of sp³-hybridized carbons (Fsp3) is 0.579. The monoisotopic (exact) mass is 365 g/mol. The first-order valence-corrected chi connectivity index (χ1v) is 8.95. The van der Waals surface area contributed by atoms with Gasteiger partial charge in [-0.2, -0.15) is 0 Å². The van der Waals surface area contributed by atoms with E-state index in [1.807, 2.05) is 30.3 Å². The normalized spacial score (nSPS) is 24.8. The van der Waals surface area contributed by atoms with E-state index in [1.165, 1.54) is 25.7 Å². The Morgan fingerprint density at radius 2 is 1.92 bits per heavy atom. The SMILES string of the molecule is CN(Cc1ccccc1)C(=O)CNC(=O)C1CC2CCCCC2N1.Cl. The largest absolute Gasteiger partial charge is 0.346 e. The van der Waals surface area contributed by atoms with Crippen LogP contribution in [0.4, 0.5) is 0 Å². The third kappa shape index (κ3) is 5.19. The maximum atomic E-state index is 12.3. The molecule has 0 radical (unpaired) electrons. The molecule has 2 aliphatic rings. The molecule has 1 saturated carbocycles. The lowest BCUT2D eigenvalue weighted by Crippen LogP contribution is -2.46. The molecule has 2 N–H and O–H groups in total. The molecule has 2 amide bonds. The van der Waals surface area contributed by atoms with Gasteiger partial charge in [-0.1, -0.05) is 43.2 Å². The van der Waals surface area contributed by atoms with Gasteiger partial charge in [0.25, 0.3) is 0 Å². The van der Waals surface area contributed by atoms with Gasteiger partial charge in [-0.05, 0) is 30.7 Å². The minimum absolute atomic E-state index is 0. The maximum Gasteiger partial charge on any atom is 0.242 e. The van der Waals surface area contributed by atoms with Gasteiger partial charge in [0.05, 0.1) is 12.6 Å². The summed E-state index contributed by atoms with van der Waals surface area (Å²) in [6, 6.07) is 10.2. The lowest BCUT2D eigenvalue weighted by Gasteiger charge is -2.24. The fourth-order valence-corrected chi connectivity index (χ4v) is 3.89. The number of rotatable bonds is 5. The molecule has 1 aliphatic carbocycles. The first-order chi connectivity index (χ1) is 11.6. The van der Waals surface area contributed by atoms with Crippen molar-refractivity contribution in [2.24, 2.45) is 5.92 Å². The first kappa shape index (κ1) is 19.7.